The van der Waals surface area contributed by atoms with Crippen molar-refractivity contribution in [1.29, 1.82) is 0 Å². The van der Waals surface area contributed by atoms with Crippen LogP contribution < -0.4 is 0 Å². The molecule has 1 radical (unpaired) electrons. The highest BCUT2D eigenvalue weighted by Crippen LogP contribution is 2.06. The Hall–Kier alpha value is -0.560. The lowest BCUT2D eigenvalue weighted by molar-refractivity contribution is 0.612. The third kappa shape index (κ3) is 1.71. The minimum atomic E-state index is -0.219. The molecule has 0 unspecified atom stereocenters. The van der Waals surface area contributed by atoms with Gasteiger partial charge in [-0.2, -0.15) is 0 Å². The summed E-state index contributed by atoms with van der Waals surface area (Å²) >= 11 is 5.43. The average Bonchev–Trinajstić information content (AvgIpc) is 1.94. The first-order valence-corrected chi connectivity index (χ1v) is 3.58. The second kappa shape index (κ2) is 3.57. The predicted octanol–water partition coefficient (Wildman–Crippen LogP) is 2.41. The molecule has 0 atom stereocenters. The molecule has 1 rings (SSSR count). The number of rotatable bonds is 2. The van der Waals surface area contributed by atoms with Crippen LogP contribution in [0.3, 0.4) is 0 Å². The van der Waals surface area contributed by atoms with Crippen LogP contribution in [0.4, 0.5) is 4.39 Å². The van der Waals surface area contributed by atoms with Crippen molar-refractivity contribution < 1.29 is 4.39 Å². The number of aryl methyl sites for hydroxylation is 1. The first-order chi connectivity index (χ1) is 4.84. The van der Waals surface area contributed by atoms with Crippen molar-refractivity contribution in [1.82, 2.24) is 0 Å². The van der Waals surface area contributed by atoms with Crippen LogP contribution in [0.15, 0.2) is 18.2 Å². The summed E-state index contributed by atoms with van der Waals surface area (Å²) in [6.07, 6.45) is 0.585. The summed E-state index contributed by atoms with van der Waals surface area (Å²) in [4.78, 5) is 0. The van der Waals surface area contributed by atoms with Gasteiger partial charge in [-0.05, 0) is 24.1 Å². The van der Waals surface area contributed by atoms with Gasteiger partial charge in [-0.15, -0.1) is 11.6 Å². The molecule has 10 heavy (non-hydrogen) atoms. The topological polar surface area (TPSA) is 0 Å². The van der Waals surface area contributed by atoms with Crippen LogP contribution in [-0.2, 0) is 6.42 Å². The van der Waals surface area contributed by atoms with Crippen LogP contribution in [0.5, 0.6) is 0 Å². The Kier molecular flexibility index (Phi) is 2.69. The smallest absolute Gasteiger partial charge is 0.127 e. The molecule has 0 nitrogen and oxygen atoms in total. The molecular weight excluding hydrogens is 151 g/mol. The van der Waals surface area contributed by atoms with E-state index >= 15 is 0 Å². The molecule has 0 aliphatic carbocycles. The van der Waals surface area contributed by atoms with Crippen LogP contribution >= 0.6 is 11.6 Å². The van der Waals surface area contributed by atoms with E-state index in [1.807, 2.05) is 0 Å². The zero-order chi connectivity index (χ0) is 7.40. The van der Waals surface area contributed by atoms with Gasteiger partial charge < -0.3 is 0 Å². The fourth-order valence-corrected chi connectivity index (χ4v) is 0.950. The molecule has 0 spiro atoms. The van der Waals surface area contributed by atoms with Crippen molar-refractivity contribution in [2.24, 2.45) is 0 Å². The summed E-state index contributed by atoms with van der Waals surface area (Å²) in [5.41, 5.74) is 0.661. The summed E-state index contributed by atoms with van der Waals surface area (Å²) in [5.74, 6) is 0.240. The number of alkyl halides is 1. The second-order valence-corrected chi connectivity index (χ2v) is 2.33. The quantitative estimate of drug-likeness (QED) is 0.579. The van der Waals surface area contributed by atoms with Crippen molar-refractivity contribution in [3.63, 3.8) is 0 Å². The minimum absolute atomic E-state index is 0.219. The van der Waals surface area contributed by atoms with E-state index in [4.69, 9.17) is 11.6 Å². The molecule has 0 aromatic heterocycles. The van der Waals surface area contributed by atoms with E-state index in [9.17, 15) is 4.39 Å². The van der Waals surface area contributed by atoms with E-state index in [2.05, 4.69) is 6.07 Å². The first-order valence-electron chi connectivity index (χ1n) is 3.05. The molecule has 0 amide bonds. The summed E-state index contributed by atoms with van der Waals surface area (Å²) in [6, 6.07) is 7.34. The van der Waals surface area contributed by atoms with Crippen molar-refractivity contribution in [2.45, 2.75) is 6.42 Å². The normalized spacial score (nSPS) is 9.80. The highest BCUT2D eigenvalue weighted by atomic mass is 35.5. The van der Waals surface area contributed by atoms with Gasteiger partial charge in [0.05, 0.1) is 0 Å². The van der Waals surface area contributed by atoms with E-state index in [0.29, 0.717) is 17.9 Å². The molecular formula is C8H7ClF. The summed E-state index contributed by atoms with van der Waals surface area (Å²) in [5, 5.41) is 0. The van der Waals surface area contributed by atoms with E-state index in [-0.39, 0.29) is 5.82 Å². The third-order valence-corrected chi connectivity index (χ3v) is 1.45. The molecule has 0 aliphatic rings. The van der Waals surface area contributed by atoms with Crippen LogP contribution in [0, 0.1) is 11.9 Å². The van der Waals surface area contributed by atoms with Gasteiger partial charge in [0, 0.05) is 5.88 Å². The average molecular weight is 158 g/mol. The molecule has 1 aromatic carbocycles. The monoisotopic (exact) mass is 157 g/mol. The van der Waals surface area contributed by atoms with Gasteiger partial charge in [-0.25, -0.2) is 4.39 Å². The van der Waals surface area contributed by atoms with Gasteiger partial charge in [0.2, 0.25) is 0 Å². The fourth-order valence-electron chi connectivity index (χ4n) is 0.747. The Morgan fingerprint density at radius 3 is 3.00 bits per heavy atom. The second-order valence-electron chi connectivity index (χ2n) is 1.96. The standard InChI is InChI=1S/C8H7ClF/c9-6-5-7-3-1-2-4-8(7)10/h1,3-4H,5-6H2. The van der Waals surface area contributed by atoms with Gasteiger partial charge in [-0.1, -0.05) is 12.1 Å². The predicted molar refractivity (Wildman–Crippen MR) is 39.7 cm³/mol. The summed E-state index contributed by atoms with van der Waals surface area (Å²) < 4.78 is 12.7. The molecule has 1 aromatic rings. The maximum Gasteiger partial charge on any atom is 0.127 e. The molecule has 0 saturated heterocycles. The third-order valence-electron chi connectivity index (χ3n) is 1.26. The summed E-state index contributed by atoms with van der Waals surface area (Å²) in [6.45, 7) is 0. The molecule has 0 N–H and O–H groups in total. The Morgan fingerprint density at radius 2 is 2.40 bits per heavy atom. The number of hydrogen-bond donors (Lipinski definition) is 0. The van der Waals surface area contributed by atoms with Crippen LogP contribution in [-0.4, -0.2) is 5.88 Å². The molecule has 0 heterocycles. The van der Waals surface area contributed by atoms with Crippen molar-refractivity contribution in [3.05, 3.63) is 35.6 Å². The Bertz CT molecular complexity index is 210. The maximum absolute atomic E-state index is 12.7. The van der Waals surface area contributed by atoms with Gasteiger partial charge in [0.15, 0.2) is 0 Å². The fraction of sp³-hybridized carbons (Fsp3) is 0.250. The lowest BCUT2D eigenvalue weighted by Gasteiger charge is -1.96. The number of benzene rings is 1. The molecule has 0 bridgehead atoms. The molecule has 53 valence electrons. The highest BCUT2D eigenvalue weighted by Gasteiger charge is 1.97. The first kappa shape index (κ1) is 7.55. The van der Waals surface area contributed by atoms with E-state index in [1.54, 1.807) is 12.1 Å². The largest absolute Gasteiger partial charge is 0.207 e. The van der Waals surface area contributed by atoms with Gasteiger partial charge in [0.1, 0.15) is 5.82 Å². The van der Waals surface area contributed by atoms with Crippen molar-refractivity contribution in [2.75, 3.05) is 5.88 Å². The SMILES string of the molecule is Fc1c[c]ccc1CCCl. The van der Waals surface area contributed by atoms with Crippen LogP contribution in [0.2, 0.25) is 0 Å². The molecule has 0 fully saturated rings. The zero-order valence-electron chi connectivity index (χ0n) is 5.40. The van der Waals surface area contributed by atoms with Crippen LogP contribution in [0.1, 0.15) is 5.56 Å². The summed E-state index contributed by atoms with van der Waals surface area (Å²) in [7, 11) is 0. The van der Waals surface area contributed by atoms with E-state index in [1.165, 1.54) is 6.07 Å². The minimum Gasteiger partial charge on any atom is -0.207 e. The van der Waals surface area contributed by atoms with Crippen molar-refractivity contribution in [3.8, 4) is 0 Å². The van der Waals surface area contributed by atoms with E-state index < -0.39 is 0 Å². The zero-order valence-corrected chi connectivity index (χ0v) is 6.16. The van der Waals surface area contributed by atoms with Gasteiger partial charge >= 0.3 is 0 Å². The molecule has 2 heteroatoms. The van der Waals surface area contributed by atoms with Crippen LogP contribution in [0.25, 0.3) is 0 Å². The Morgan fingerprint density at radius 1 is 1.60 bits per heavy atom. The highest BCUT2D eigenvalue weighted by molar-refractivity contribution is 6.17. The van der Waals surface area contributed by atoms with Crippen molar-refractivity contribution >= 4 is 11.6 Å². The Labute approximate surface area is 64.6 Å². The van der Waals surface area contributed by atoms with E-state index in [0.717, 1.165) is 0 Å². The number of hydrogen-bond acceptors (Lipinski definition) is 0. The lowest BCUT2D eigenvalue weighted by Crippen LogP contribution is -1.89. The molecule has 0 saturated carbocycles. The molecule has 0 aliphatic heterocycles. The lowest BCUT2D eigenvalue weighted by atomic mass is 10.2. The van der Waals surface area contributed by atoms with Gasteiger partial charge in [0.25, 0.3) is 0 Å². The van der Waals surface area contributed by atoms with Gasteiger partial charge in [-0.3, -0.25) is 0 Å². The maximum atomic E-state index is 12.7. The Balaban J connectivity index is 2.81. The number of halogens is 2.